The summed E-state index contributed by atoms with van der Waals surface area (Å²) in [6.07, 6.45) is 0.651. The van der Waals surface area contributed by atoms with Crippen LogP contribution < -0.4 is 5.32 Å². The fourth-order valence-electron chi connectivity index (χ4n) is 1.64. The van der Waals surface area contributed by atoms with Crippen LogP contribution in [0.3, 0.4) is 0 Å². The van der Waals surface area contributed by atoms with Gasteiger partial charge in [-0.15, -0.1) is 0 Å². The molecule has 0 fully saturated rings. The highest BCUT2D eigenvalue weighted by molar-refractivity contribution is 9.10. The van der Waals surface area contributed by atoms with Gasteiger partial charge in [0.15, 0.2) is 6.29 Å². The smallest absolute Gasteiger partial charge is 0.156 e. The van der Waals surface area contributed by atoms with Gasteiger partial charge in [-0.25, -0.2) is 9.97 Å². The van der Waals surface area contributed by atoms with Crippen molar-refractivity contribution in [1.29, 1.82) is 0 Å². The molecule has 0 amide bonds. The summed E-state index contributed by atoms with van der Waals surface area (Å²) < 4.78 is 0.989. The Kier molecular flexibility index (Phi) is 4.17. The van der Waals surface area contributed by atoms with Crippen LogP contribution in [0.5, 0.6) is 0 Å². The van der Waals surface area contributed by atoms with E-state index in [0.29, 0.717) is 17.9 Å². The number of aldehydes is 1. The largest absolute Gasteiger partial charge is 0.339 e. The van der Waals surface area contributed by atoms with Crippen molar-refractivity contribution in [1.82, 2.24) is 9.97 Å². The first-order valence-corrected chi connectivity index (χ1v) is 6.71. The molecule has 0 saturated carbocycles. The Morgan fingerprint density at radius 2 is 2.05 bits per heavy atom. The van der Waals surface area contributed by atoms with E-state index in [2.05, 4.69) is 31.2 Å². The van der Waals surface area contributed by atoms with E-state index >= 15 is 0 Å². The van der Waals surface area contributed by atoms with Gasteiger partial charge in [-0.3, -0.25) is 4.79 Å². The Morgan fingerprint density at radius 1 is 1.32 bits per heavy atom. The molecule has 2 aromatic rings. The van der Waals surface area contributed by atoms with Gasteiger partial charge < -0.3 is 5.32 Å². The molecule has 0 atom stereocenters. The molecule has 0 radical (unpaired) electrons. The standard InChI is InChI=1S/C13H11BrClN3O/c1-7-5-9(14)3-4-11(7)18-13-10(6-19)12(15)16-8(2)17-13/h3-6H,1-2H3,(H,16,17,18). The lowest BCUT2D eigenvalue weighted by Crippen LogP contribution is -2.04. The molecule has 98 valence electrons. The number of aryl methyl sites for hydroxylation is 2. The Labute approximate surface area is 124 Å². The molecule has 2 rings (SSSR count). The Hall–Kier alpha value is -1.46. The molecule has 0 saturated heterocycles. The zero-order chi connectivity index (χ0) is 14.0. The van der Waals surface area contributed by atoms with Crippen LogP contribution in [0.1, 0.15) is 21.7 Å². The van der Waals surface area contributed by atoms with Crippen LogP contribution in [0.15, 0.2) is 22.7 Å². The fraction of sp³-hybridized carbons (Fsp3) is 0.154. The first-order chi connectivity index (χ1) is 9.01. The molecular formula is C13H11BrClN3O. The van der Waals surface area contributed by atoms with Gasteiger partial charge in [0, 0.05) is 10.2 Å². The minimum atomic E-state index is 0.153. The van der Waals surface area contributed by atoms with Gasteiger partial charge in [0.05, 0.1) is 5.56 Å². The van der Waals surface area contributed by atoms with E-state index in [1.54, 1.807) is 6.92 Å². The zero-order valence-corrected chi connectivity index (χ0v) is 12.7. The summed E-state index contributed by atoms with van der Waals surface area (Å²) in [5, 5.41) is 3.27. The third-order valence-electron chi connectivity index (χ3n) is 2.57. The maximum atomic E-state index is 11.1. The summed E-state index contributed by atoms with van der Waals surface area (Å²) in [5.74, 6) is 0.922. The summed E-state index contributed by atoms with van der Waals surface area (Å²) >= 11 is 9.34. The van der Waals surface area contributed by atoms with Crippen LogP contribution in [-0.2, 0) is 0 Å². The van der Waals surface area contributed by atoms with E-state index < -0.39 is 0 Å². The van der Waals surface area contributed by atoms with Crippen LogP contribution in [0.25, 0.3) is 0 Å². The van der Waals surface area contributed by atoms with Crippen molar-refractivity contribution in [3.05, 3.63) is 44.8 Å². The van der Waals surface area contributed by atoms with Gasteiger partial charge >= 0.3 is 0 Å². The second kappa shape index (κ2) is 5.67. The molecule has 1 N–H and O–H groups in total. The number of carbonyl (C=O) groups excluding carboxylic acids is 1. The number of nitrogens with one attached hydrogen (secondary N) is 1. The molecule has 0 aliphatic carbocycles. The molecule has 0 unspecified atom stereocenters. The van der Waals surface area contributed by atoms with E-state index in [4.69, 9.17) is 11.6 Å². The van der Waals surface area contributed by atoms with Crippen molar-refractivity contribution in [3.8, 4) is 0 Å². The average molecular weight is 341 g/mol. The lowest BCUT2D eigenvalue weighted by Gasteiger charge is -2.12. The van der Waals surface area contributed by atoms with E-state index in [-0.39, 0.29) is 10.7 Å². The van der Waals surface area contributed by atoms with Gasteiger partial charge in [0.1, 0.15) is 16.8 Å². The molecule has 19 heavy (non-hydrogen) atoms. The third kappa shape index (κ3) is 3.11. The predicted octanol–water partition coefficient (Wildman–Crippen LogP) is 4.07. The number of benzene rings is 1. The highest BCUT2D eigenvalue weighted by atomic mass is 79.9. The molecule has 0 aliphatic heterocycles. The predicted molar refractivity (Wildman–Crippen MR) is 79.3 cm³/mol. The number of halogens is 2. The number of carbonyl (C=O) groups is 1. The number of rotatable bonds is 3. The first-order valence-electron chi connectivity index (χ1n) is 5.53. The van der Waals surface area contributed by atoms with Gasteiger partial charge in [-0.05, 0) is 37.6 Å². The summed E-state index contributed by atoms with van der Waals surface area (Å²) in [5.41, 5.74) is 2.15. The number of anilines is 2. The number of hydrogen-bond donors (Lipinski definition) is 1. The van der Waals surface area contributed by atoms with Crippen molar-refractivity contribution in [2.45, 2.75) is 13.8 Å². The van der Waals surface area contributed by atoms with E-state index in [9.17, 15) is 4.79 Å². The maximum Gasteiger partial charge on any atom is 0.156 e. The Bertz CT molecular complexity index is 646. The van der Waals surface area contributed by atoms with Crippen LogP contribution in [-0.4, -0.2) is 16.3 Å². The quantitative estimate of drug-likeness (QED) is 0.676. The first kappa shape index (κ1) is 14.0. The van der Waals surface area contributed by atoms with Crippen molar-refractivity contribution in [2.24, 2.45) is 0 Å². The van der Waals surface area contributed by atoms with E-state index in [1.807, 2.05) is 25.1 Å². The lowest BCUT2D eigenvalue weighted by molar-refractivity contribution is 0.112. The van der Waals surface area contributed by atoms with E-state index in [0.717, 1.165) is 15.7 Å². The molecule has 0 spiro atoms. The van der Waals surface area contributed by atoms with Crippen molar-refractivity contribution < 1.29 is 4.79 Å². The minimum absolute atomic E-state index is 0.153. The monoisotopic (exact) mass is 339 g/mol. The molecule has 1 heterocycles. The van der Waals surface area contributed by atoms with Crippen LogP contribution in [0.2, 0.25) is 5.15 Å². The molecule has 1 aromatic heterocycles. The van der Waals surface area contributed by atoms with Gasteiger partial charge in [-0.2, -0.15) is 0 Å². The lowest BCUT2D eigenvalue weighted by atomic mass is 10.2. The Morgan fingerprint density at radius 3 is 2.68 bits per heavy atom. The topological polar surface area (TPSA) is 54.9 Å². The Balaban J connectivity index is 2.45. The molecule has 0 aliphatic rings. The molecule has 0 bridgehead atoms. The SMILES string of the molecule is Cc1nc(Cl)c(C=O)c(Nc2ccc(Br)cc2C)n1. The second-order valence-corrected chi connectivity index (χ2v) is 5.30. The van der Waals surface area contributed by atoms with Crippen LogP contribution >= 0.6 is 27.5 Å². The second-order valence-electron chi connectivity index (χ2n) is 4.03. The van der Waals surface area contributed by atoms with E-state index in [1.165, 1.54) is 0 Å². The zero-order valence-electron chi connectivity index (χ0n) is 10.4. The highest BCUT2D eigenvalue weighted by Crippen LogP contribution is 2.26. The summed E-state index contributed by atoms with van der Waals surface area (Å²) in [6, 6.07) is 5.78. The summed E-state index contributed by atoms with van der Waals surface area (Å²) in [6.45, 7) is 3.68. The van der Waals surface area contributed by atoms with Crippen molar-refractivity contribution in [3.63, 3.8) is 0 Å². The van der Waals surface area contributed by atoms with Crippen LogP contribution in [0, 0.1) is 13.8 Å². The molecule has 6 heteroatoms. The number of aromatic nitrogens is 2. The van der Waals surface area contributed by atoms with Crippen LogP contribution in [0.4, 0.5) is 11.5 Å². The molecule has 4 nitrogen and oxygen atoms in total. The number of hydrogen-bond acceptors (Lipinski definition) is 4. The van der Waals surface area contributed by atoms with Gasteiger partial charge in [0.25, 0.3) is 0 Å². The average Bonchev–Trinajstić information content (AvgIpc) is 2.32. The molecular weight excluding hydrogens is 330 g/mol. The maximum absolute atomic E-state index is 11.1. The number of nitrogens with zero attached hydrogens (tertiary/aromatic N) is 2. The normalized spacial score (nSPS) is 10.3. The minimum Gasteiger partial charge on any atom is -0.339 e. The van der Waals surface area contributed by atoms with Crippen molar-refractivity contribution >= 4 is 45.3 Å². The fourth-order valence-corrected chi connectivity index (χ4v) is 2.37. The summed E-state index contributed by atoms with van der Waals surface area (Å²) in [7, 11) is 0. The van der Waals surface area contributed by atoms with Gasteiger partial charge in [-0.1, -0.05) is 27.5 Å². The highest BCUT2D eigenvalue weighted by Gasteiger charge is 2.12. The van der Waals surface area contributed by atoms with Crippen molar-refractivity contribution in [2.75, 3.05) is 5.32 Å². The summed E-state index contributed by atoms with van der Waals surface area (Å²) in [4.78, 5) is 19.2. The van der Waals surface area contributed by atoms with Gasteiger partial charge in [0.2, 0.25) is 0 Å². The third-order valence-corrected chi connectivity index (χ3v) is 3.35. The molecule has 1 aromatic carbocycles.